The Hall–Kier alpha value is -0.870. The first kappa shape index (κ1) is 12.6. The van der Waals surface area contributed by atoms with E-state index in [1.807, 2.05) is 18.7 Å². The van der Waals surface area contributed by atoms with Crippen LogP contribution in [0.1, 0.15) is 45.6 Å². The molecule has 1 aliphatic rings. The van der Waals surface area contributed by atoms with Gasteiger partial charge in [-0.05, 0) is 25.7 Å². The summed E-state index contributed by atoms with van der Waals surface area (Å²) in [5.74, 6) is 0. The molecule has 1 aliphatic carbocycles. The van der Waals surface area contributed by atoms with Crippen molar-refractivity contribution in [2.24, 2.45) is 0 Å². The fourth-order valence-electron chi connectivity index (χ4n) is 3.00. The molecule has 96 valence electrons. The first-order valence-corrected chi connectivity index (χ1v) is 6.51. The molecule has 0 aromatic carbocycles. The van der Waals surface area contributed by atoms with E-state index in [0.29, 0.717) is 12.1 Å². The van der Waals surface area contributed by atoms with Gasteiger partial charge in [-0.3, -0.25) is 0 Å². The molecule has 1 aromatic rings. The van der Waals surface area contributed by atoms with Crippen LogP contribution in [0.15, 0.2) is 18.7 Å². The first-order chi connectivity index (χ1) is 8.15. The zero-order valence-electron chi connectivity index (χ0n) is 10.8. The van der Waals surface area contributed by atoms with Crippen LogP contribution in [-0.4, -0.2) is 32.8 Å². The third-order valence-electron chi connectivity index (χ3n) is 3.66. The van der Waals surface area contributed by atoms with Gasteiger partial charge < -0.3 is 15.0 Å². The Morgan fingerprint density at radius 1 is 1.59 bits per heavy atom. The summed E-state index contributed by atoms with van der Waals surface area (Å²) in [7, 11) is 0. The zero-order valence-corrected chi connectivity index (χ0v) is 10.8. The molecule has 0 bridgehead atoms. The lowest BCUT2D eigenvalue weighted by Crippen LogP contribution is -2.54. The number of hydrogen-bond acceptors (Lipinski definition) is 3. The molecule has 1 fully saturated rings. The molecule has 17 heavy (non-hydrogen) atoms. The molecule has 2 unspecified atom stereocenters. The molecule has 4 heteroatoms. The predicted octanol–water partition coefficient (Wildman–Crippen LogP) is 1.73. The van der Waals surface area contributed by atoms with Gasteiger partial charge >= 0.3 is 0 Å². The number of aromatic nitrogens is 2. The SMILES string of the molecule is CC(C)NC1(CO)CCCC(n2ccnc2)C1. The average molecular weight is 237 g/mol. The maximum Gasteiger partial charge on any atom is 0.0948 e. The number of nitrogens with zero attached hydrogens (tertiary/aromatic N) is 2. The summed E-state index contributed by atoms with van der Waals surface area (Å²) in [6.07, 6.45) is 10.1. The second-order valence-corrected chi connectivity index (χ2v) is 5.50. The summed E-state index contributed by atoms with van der Waals surface area (Å²) in [5.41, 5.74) is -0.110. The highest BCUT2D eigenvalue weighted by molar-refractivity contribution is 4.97. The molecule has 0 amide bonds. The Balaban J connectivity index is 2.09. The molecule has 1 saturated carbocycles. The predicted molar refractivity (Wildman–Crippen MR) is 67.8 cm³/mol. The van der Waals surface area contributed by atoms with Crippen molar-refractivity contribution in [3.8, 4) is 0 Å². The monoisotopic (exact) mass is 237 g/mol. The molecule has 2 rings (SSSR count). The van der Waals surface area contributed by atoms with Gasteiger partial charge in [0.05, 0.1) is 12.9 Å². The third-order valence-corrected chi connectivity index (χ3v) is 3.66. The van der Waals surface area contributed by atoms with Crippen LogP contribution in [0.25, 0.3) is 0 Å². The van der Waals surface area contributed by atoms with Crippen LogP contribution in [0.4, 0.5) is 0 Å². The summed E-state index contributed by atoms with van der Waals surface area (Å²) in [6, 6.07) is 0.869. The maximum absolute atomic E-state index is 9.72. The van der Waals surface area contributed by atoms with Crippen LogP contribution in [0.5, 0.6) is 0 Å². The smallest absolute Gasteiger partial charge is 0.0948 e. The van der Waals surface area contributed by atoms with Crippen molar-refractivity contribution < 1.29 is 5.11 Å². The van der Waals surface area contributed by atoms with Gasteiger partial charge in [0, 0.05) is 30.0 Å². The quantitative estimate of drug-likeness (QED) is 0.838. The van der Waals surface area contributed by atoms with Gasteiger partial charge in [0.2, 0.25) is 0 Å². The minimum Gasteiger partial charge on any atom is -0.394 e. The Bertz CT molecular complexity index is 336. The van der Waals surface area contributed by atoms with Crippen molar-refractivity contribution in [3.63, 3.8) is 0 Å². The topological polar surface area (TPSA) is 50.1 Å². The first-order valence-electron chi connectivity index (χ1n) is 6.51. The van der Waals surface area contributed by atoms with Gasteiger partial charge in [0.25, 0.3) is 0 Å². The summed E-state index contributed by atoms with van der Waals surface area (Å²) < 4.78 is 2.17. The van der Waals surface area contributed by atoms with E-state index in [2.05, 4.69) is 28.7 Å². The Labute approximate surface area is 103 Å². The largest absolute Gasteiger partial charge is 0.394 e. The lowest BCUT2D eigenvalue weighted by atomic mass is 9.79. The highest BCUT2D eigenvalue weighted by Crippen LogP contribution is 2.35. The molecule has 2 N–H and O–H groups in total. The Morgan fingerprint density at radius 2 is 2.41 bits per heavy atom. The van der Waals surface area contributed by atoms with Gasteiger partial charge in [0.15, 0.2) is 0 Å². The molecule has 1 heterocycles. The van der Waals surface area contributed by atoms with Crippen LogP contribution in [0, 0.1) is 0 Å². The van der Waals surface area contributed by atoms with Gasteiger partial charge in [0.1, 0.15) is 0 Å². The summed E-state index contributed by atoms with van der Waals surface area (Å²) in [4.78, 5) is 4.11. The molecular weight excluding hydrogens is 214 g/mol. The maximum atomic E-state index is 9.72. The number of hydrogen-bond donors (Lipinski definition) is 2. The number of aliphatic hydroxyl groups is 1. The van der Waals surface area contributed by atoms with E-state index < -0.39 is 0 Å². The standard InChI is InChI=1S/C13H23N3O/c1-11(2)15-13(9-17)5-3-4-12(8-13)16-7-6-14-10-16/h6-7,10-12,15,17H,3-5,8-9H2,1-2H3. The lowest BCUT2D eigenvalue weighted by molar-refractivity contribution is 0.0903. The molecule has 0 radical (unpaired) electrons. The highest BCUT2D eigenvalue weighted by Gasteiger charge is 2.36. The van der Waals surface area contributed by atoms with E-state index in [4.69, 9.17) is 0 Å². The molecule has 1 aromatic heterocycles. The van der Waals surface area contributed by atoms with Crippen LogP contribution in [0.3, 0.4) is 0 Å². The van der Waals surface area contributed by atoms with Crippen LogP contribution < -0.4 is 5.32 Å². The summed E-state index contributed by atoms with van der Waals surface area (Å²) >= 11 is 0. The van der Waals surface area contributed by atoms with Gasteiger partial charge in [-0.2, -0.15) is 0 Å². The Morgan fingerprint density at radius 3 is 3.00 bits per heavy atom. The van der Waals surface area contributed by atoms with Gasteiger partial charge in [-0.25, -0.2) is 4.98 Å². The molecule has 4 nitrogen and oxygen atoms in total. The van der Waals surface area contributed by atoms with Crippen LogP contribution in [0.2, 0.25) is 0 Å². The molecular formula is C13H23N3O. The van der Waals surface area contributed by atoms with E-state index in [-0.39, 0.29) is 12.1 Å². The van der Waals surface area contributed by atoms with Crippen molar-refractivity contribution in [3.05, 3.63) is 18.7 Å². The van der Waals surface area contributed by atoms with Gasteiger partial charge in [-0.15, -0.1) is 0 Å². The highest BCUT2D eigenvalue weighted by atomic mass is 16.3. The normalized spacial score (nSPS) is 29.8. The van der Waals surface area contributed by atoms with Crippen LogP contribution in [-0.2, 0) is 0 Å². The molecule has 2 atom stereocenters. The van der Waals surface area contributed by atoms with Gasteiger partial charge in [-0.1, -0.05) is 13.8 Å². The Kier molecular flexibility index (Phi) is 3.84. The van der Waals surface area contributed by atoms with E-state index in [9.17, 15) is 5.11 Å². The van der Waals surface area contributed by atoms with Crippen molar-refractivity contribution in [2.75, 3.05) is 6.61 Å². The van der Waals surface area contributed by atoms with E-state index in [1.54, 1.807) is 0 Å². The molecule has 0 saturated heterocycles. The second-order valence-electron chi connectivity index (χ2n) is 5.50. The number of imidazole rings is 1. The summed E-state index contributed by atoms with van der Waals surface area (Å²) in [5, 5.41) is 13.3. The van der Waals surface area contributed by atoms with Crippen molar-refractivity contribution in [1.29, 1.82) is 0 Å². The minimum atomic E-state index is -0.110. The fraction of sp³-hybridized carbons (Fsp3) is 0.769. The van der Waals surface area contributed by atoms with E-state index >= 15 is 0 Å². The number of aliphatic hydroxyl groups excluding tert-OH is 1. The lowest BCUT2D eigenvalue weighted by Gasteiger charge is -2.42. The van der Waals surface area contributed by atoms with Crippen molar-refractivity contribution in [2.45, 2.75) is 57.2 Å². The minimum absolute atomic E-state index is 0.110. The average Bonchev–Trinajstić information content (AvgIpc) is 2.82. The van der Waals surface area contributed by atoms with Crippen molar-refractivity contribution in [1.82, 2.24) is 14.9 Å². The third kappa shape index (κ3) is 2.87. The van der Waals surface area contributed by atoms with Crippen LogP contribution >= 0.6 is 0 Å². The van der Waals surface area contributed by atoms with Crippen molar-refractivity contribution >= 4 is 0 Å². The zero-order chi connectivity index (χ0) is 12.3. The molecule has 0 spiro atoms. The number of nitrogens with one attached hydrogen (secondary N) is 1. The fourth-order valence-corrected chi connectivity index (χ4v) is 3.00. The van der Waals surface area contributed by atoms with E-state index in [0.717, 1.165) is 19.3 Å². The van der Waals surface area contributed by atoms with E-state index in [1.165, 1.54) is 6.42 Å². The number of rotatable bonds is 4. The second kappa shape index (κ2) is 5.19. The summed E-state index contributed by atoms with van der Waals surface area (Å²) in [6.45, 7) is 4.49. The molecule has 0 aliphatic heterocycles.